The molecule has 6 rings (SSSR count). The van der Waals surface area contributed by atoms with Crippen molar-refractivity contribution in [1.82, 2.24) is 0 Å². The van der Waals surface area contributed by atoms with E-state index in [-0.39, 0.29) is 34.0 Å². The smallest absolute Gasteiger partial charge is 0.310 e. The van der Waals surface area contributed by atoms with E-state index in [1.54, 1.807) is 0 Å². The van der Waals surface area contributed by atoms with Gasteiger partial charge in [-0.25, -0.2) is 0 Å². The Hall–Kier alpha value is -0.950. The molecule has 1 saturated heterocycles. The number of allylic oxidation sites excluding steroid dienone is 1. The first-order valence-corrected chi connectivity index (χ1v) is 13.9. The van der Waals surface area contributed by atoms with E-state index in [1.807, 2.05) is 6.92 Å². The minimum atomic E-state index is -1.06. The SMILES string of the molecule is CC1CCC2(C(=O)O)CCC3(C)C(=CCC4C5(C)CC(O)C(O)C6(CO6)C5CCC43C)C2C1(C)O. The van der Waals surface area contributed by atoms with Crippen molar-refractivity contribution in [2.24, 2.45) is 45.3 Å². The van der Waals surface area contributed by atoms with Crippen LogP contribution in [0.5, 0.6) is 0 Å². The molecule has 0 aromatic carbocycles. The van der Waals surface area contributed by atoms with E-state index in [4.69, 9.17) is 4.74 Å². The normalized spacial score (nSPS) is 61.1. The van der Waals surface area contributed by atoms with Gasteiger partial charge in [0.05, 0.1) is 23.7 Å². The summed E-state index contributed by atoms with van der Waals surface area (Å²) in [5.41, 5.74) is -1.86. The minimum absolute atomic E-state index is 0.0452. The van der Waals surface area contributed by atoms with Gasteiger partial charge in [-0.3, -0.25) is 4.79 Å². The third-order valence-corrected chi connectivity index (χ3v) is 13.3. The summed E-state index contributed by atoms with van der Waals surface area (Å²) in [6.07, 6.45) is 6.81. The second kappa shape index (κ2) is 6.92. The molecule has 12 unspecified atom stereocenters. The lowest BCUT2D eigenvalue weighted by Crippen LogP contribution is -2.69. The number of epoxide rings is 1. The zero-order valence-electron chi connectivity index (χ0n) is 22.0. The van der Waals surface area contributed by atoms with Crippen LogP contribution >= 0.6 is 0 Å². The largest absolute Gasteiger partial charge is 0.481 e. The van der Waals surface area contributed by atoms with E-state index >= 15 is 0 Å². The average molecular weight is 489 g/mol. The van der Waals surface area contributed by atoms with E-state index < -0.39 is 34.8 Å². The van der Waals surface area contributed by atoms with E-state index in [0.29, 0.717) is 31.8 Å². The third kappa shape index (κ3) is 2.63. The van der Waals surface area contributed by atoms with Gasteiger partial charge in [-0.1, -0.05) is 39.3 Å². The first kappa shape index (κ1) is 24.4. The molecule has 1 aliphatic heterocycles. The fourth-order valence-electron chi connectivity index (χ4n) is 10.9. The predicted octanol–water partition coefficient (Wildman–Crippen LogP) is 3.92. The highest BCUT2D eigenvalue weighted by Crippen LogP contribution is 2.76. The minimum Gasteiger partial charge on any atom is -0.481 e. The molecule has 0 bridgehead atoms. The molecule has 4 saturated carbocycles. The van der Waals surface area contributed by atoms with Crippen LogP contribution in [0.4, 0.5) is 0 Å². The number of carboxylic acids is 1. The molecule has 6 aliphatic rings. The number of aliphatic hydroxyl groups is 3. The molecule has 5 fully saturated rings. The van der Waals surface area contributed by atoms with Gasteiger partial charge in [0.1, 0.15) is 11.7 Å². The maximum absolute atomic E-state index is 12.8. The Labute approximate surface area is 209 Å². The molecular formula is C29H44O6. The zero-order chi connectivity index (χ0) is 25.4. The number of rotatable bonds is 1. The summed E-state index contributed by atoms with van der Waals surface area (Å²) in [6, 6.07) is 0. The summed E-state index contributed by atoms with van der Waals surface area (Å²) in [5, 5.41) is 44.2. The summed E-state index contributed by atoms with van der Waals surface area (Å²) in [5.74, 6) is -0.574. The number of hydrogen-bond acceptors (Lipinski definition) is 5. The van der Waals surface area contributed by atoms with Crippen LogP contribution in [0.3, 0.4) is 0 Å². The van der Waals surface area contributed by atoms with Crippen molar-refractivity contribution in [1.29, 1.82) is 0 Å². The number of aliphatic carboxylic acids is 1. The van der Waals surface area contributed by atoms with Gasteiger partial charge in [-0.2, -0.15) is 0 Å². The van der Waals surface area contributed by atoms with Crippen molar-refractivity contribution >= 4 is 5.97 Å². The number of aliphatic hydroxyl groups excluding tert-OH is 2. The molecule has 0 aromatic rings. The van der Waals surface area contributed by atoms with Gasteiger partial charge in [0.25, 0.3) is 0 Å². The number of hydrogen-bond donors (Lipinski definition) is 4. The van der Waals surface area contributed by atoms with Gasteiger partial charge in [0.2, 0.25) is 0 Å². The second-order valence-corrected chi connectivity index (χ2v) is 14.3. The topological polar surface area (TPSA) is 111 Å². The van der Waals surface area contributed by atoms with Gasteiger partial charge in [-0.15, -0.1) is 0 Å². The molecule has 6 nitrogen and oxygen atoms in total. The van der Waals surface area contributed by atoms with E-state index in [1.165, 1.54) is 5.57 Å². The molecule has 0 radical (unpaired) electrons. The number of ether oxygens (including phenoxy) is 1. The first-order valence-electron chi connectivity index (χ1n) is 13.9. The van der Waals surface area contributed by atoms with Crippen molar-refractivity contribution in [2.75, 3.05) is 6.61 Å². The molecule has 35 heavy (non-hydrogen) atoms. The van der Waals surface area contributed by atoms with Crippen LogP contribution in [0.2, 0.25) is 0 Å². The third-order valence-electron chi connectivity index (χ3n) is 13.3. The van der Waals surface area contributed by atoms with Crippen molar-refractivity contribution in [3.63, 3.8) is 0 Å². The summed E-state index contributed by atoms with van der Waals surface area (Å²) in [4.78, 5) is 12.8. The highest BCUT2D eigenvalue weighted by atomic mass is 16.6. The van der Waals surface area contributed by atoms with Crippen molar-refractivity contribution in [3.8, 4) is 0 Å². The lowest BCUT2D eigenvalue weighted by molar-refractivity contribution is -0.223. The van der Waals surface area contributed by atoms with Crippen LogP contribution in [-0.4, -0.2) is 56.4 Å². The van der Waals surface area contributed by atoms with Crippen molar-refractivity contribution < 1.29 is 30.0 Å². The summed E-state index contributed by atoms with van der Waals surface area (Å²) < 4.78 is 5.92. The highest BCUT2D eigenvalue weighted by molar-refractivity contribution is 5.77. The molecule has 6 heteroatoms. The fraction of sp³-hybridized carbons (Fsp3) is 0.897. The van der Waals surface area contributed by atoms with Crippen LogP contribution < -0.4 is 0 Å². The van der Waals surface area contributed by atoms with Crippen LogP contribution in [0, 0.1) is 45.3 Å². The highest BCUT2D eigenvalue weighted by Gasteiger charge is 2.75. The average Bonchev–Trinajstić information content (AvgIpc) is 3.56. The lowest BCUT2D eigenvalue weighted by atomic mass is 9.33. The number of carboxylic acid groups (broad SMARTS) is 1. The maximum Gasteiger partial charge on any atom is 0.310 e. The molecule has 196 valence electrons. The standard InChI is InChI=1S/C29H44O6/c1-16-8-11-28(23(32)33)13-12-25(3)17(21(28)27(16,5)34)6-7-19-24(2)14-18(30)22(31)29(15-35-29)20(24)9-10-26(19,25)4/h6,16,18-22,30-31,34H,7-15H2,1-5H3,(H,32,33). The number of carbonyl (C=O) groups is 1. The Bertz CT molecular complexity index is 984. The van der Waals surface area contributed by atoms with E-state index in [9.17, 15) is 25.2 Å². The molecule has 0 amide bonds. The quantitative estimate of drug-likeness (QED) is 0.329. The van der Waals surface area contributed by atoms with Gasteiger partial charge in [0, 0.05) is 5.92 Å². The molecule has 1 heterocycles. The Morgan fingerprint density at radius 3 is 2.34 bits per heavy atom. The van der Waals surface area contributed by atoms with Crippen LogP contribution in [0.25, 0.3) is 0 Å². The Balaban J connectivity index is 1.48. The van der Waals surface area contributed by atoms with Gasteiger partial charge >= 0.3 is 5.97 Å². The molecule has 4 N–H and O–H groups in total. The van der Waals surface area contributed by atoms with Crippen LogP contribution in [0.1, 0.15) is 86.0 Å². The first-order chi connectivity index (χ1) is 16.2. The van der Waals surface area contributed by atoms with Gasteiger partial charge in [-0.05, 0) is 92.3 Å². The van der Waals surface area contributed by atoms with Gasteiger partial charge < -0.3 is 25.2 Å². The lowest BCUT2D eigenvalue weighted by Gasteiger charge is -2.71. The van der Waals surface area contributed by atoms with Gasteiger partial charge in [0.15, 0.2) is 0 Å². The molecule has 1 spiro atoms. The molecular weight excluding hydrogens is 444 g/mol. The van der Waals surface area contributed by atoms with Crippen molar-refractivity contribution in [3.05, 3.63) is 11.6 Å². The molecule has 5 aliphatic carbocycles. The fourth-order valence-corrected chi connectivity index (χ4v) is 10.9. The Kier molecular flexibility index (Phi) is 4.82. The summed E-state index contributed by atoms with van der Waals surface area (Å²) in [6.45, 7) is 11.5. The summed E-state index contributed by atoms with van der Waals surface area (Å²) in [7, 11) is 0. The molecule has 0 aromatic heterocycles. The van der Waals surface area contributed by atoms with E-state index in [0.717, 1.165) is 32.1 Å². The molecule has 12 atom stereocenters. The monoisotopic (exact) mass is 488 g/mol. The maximum atomic E-state index is 12.8. The summed E-state index contributed by atoms with van der Waals surface area (Å²) >= 11 is 0. The van der Waals surface area contributed by atoms with Crippen LogP contribution in [0.15, 0.2) is 11.6 Å². The van der Waals surface area contributed by atoms with Crippen LogP contribution in [-0.2, 0) is 9.53 Å². The number of fused-ring (bicyclic) bond motifs is 8. The Morgan fingerprint density at radius 2 is 1.71 bits per heavy atom. The van der Waals surface area contributed by atoms with Crippen molar-refractivity contribution in [2.45, 2.75) is 109 Å². The zero-order valence-corrected chi connectivity index (χ0v) is 22.0. The Morgan fingerprint density at radius 1 is 1.03 bits per heavy atom. The van der Waals surface area contributed by atoms with E-state index in [2.05, 4.69) is 33.8 Å². The second-order valence-electron chi connectivity index (χ2n) is 14.3. The predicted molar refractivity (Wildman–Crippen MR) is 130 cm³/mol.